The number of aliphatic carboxylic acids is 1. The predicted octanol–water partition coefficient (Wildman–Crippen LogP) is 2.98. The van der Waals surface area contributed by atoms with E-state index >= 15 is 0 Å². The maximum absolute atomic E-state index is 11.2. The number of carboxylic acid groups (broad SMARTS) is 1. The summed E-state index contributed by atoms with van der Waals surface area (Å²) in [5.74, 6) is -0.449. The Bertz CT molecular complexity index is 478. The van der Waals surface area contributed by atoms with Gasteiger partial charge in [-0.2, -0.15) is 0 Å². The summed E-state index contributed by atoms with van der Waals surface area (Å²) < 4.78 is 0. The normalized spacial score (nSPS) is 24.8. The molecule has 0 spiro atoms. The van der Waals surface area contributed by atoms with Gasteiger partial charge in [-0.1, -0.05) is 27.7 Å². The van der Waals surface area contributed by atoms with E-state index in [9.17, 15) is 9.90 Å². The number of nitrogens with zero attached hydrogens (tertiary/aromatic N) is 2. The molecular weight excluding hydrogens is 272 g/mol. The molecule has 4 nitrogen and oxygen atoms in total. The second-order valence-electron chi connectivity index (χ2n) is 6.95. The van der Waals surface area contributed by atoms with Crippen LogP contribution in [0.15, 0.2) is 6.20 Å². The van der Waals surface area contributed by atoms with Gasteiger partial charge in [0.2, 0.25) is 0 Å². The number of piperidine rings is 1. The van der Waals surface area contributed by atoms with Gasteiger partial charge < -0.3 is 5.11 Å². The number of thiazole rings is 1. The first-order chi connectivity index (χ1) is 9.25. The van der Waals surface area contributed by atoms with E-state index in [1.54, 1.807) is 11.3 Å². The average molecular weight is 296 g/mol. The maximum atomic E-state index is 11.2. The third kappa shape index (κ3) is 3.79. The summed E-state index contributed by atoms with van der Waals surface area (Å²) in [4.78, 5) is 19.2. The highest BCUT2D eigenvalue weighted by Crippen LogP contribution is 2.29. The molecule has 0 aliphatic carbocycles. The molecule has 0 amide bonds. The smallest absolute Gasteiger partial charge is 0.307 e. The zero-order valence-corrected chi connectivity index (χ0v) is 13.5. The highest BCUT2D eigenvalue weighted by atomic mass is 32.1. The molecular formula is C15H24N2O2S. The van der Waals surface area contributed by atoms with E-state index in [4.69, 9.17) is 0 Å². The molecule has 112 valence electrons. The van der Waals surface area contributed by atoms with Crippen molar-refractivity contribution in [1.29, 1.82) is 0 Å². The van der Waals surface area contributed by atoms with Crippen LogP contribution in [0.25, 0.3) is 0 Å². The van der Waals surface area contributed by atoms with Crippen molar-refractivity contribution in [2.45, 2.75) is 46.1 Å². The molecule has 1 fully saturated rings. The van der Waals surface area contributed by atoms with E-state index in [1.165, 1.54) is 4.88 Å². The summed E-state index contributed by atoms with van der Waals surface area (Å²) in [5, 5.41) is 10.4. The molecule has 20 heavy (non-hydrogen) atoms. The molecule has 1 aliphatic rings. The summed E-state index contributed by atoms with van der Waals surface area (Å²) in [5.41, 5.74) is 0.0850. The molecule has 1 aromatic rings. The molecule has 1 N–H and O–H groups in total. The van der Waals surface area contributed by atoms with Gasteiger partial charge in [-0.25, -0.2) is 4.98 Å². The van der Waals surface area contributed by atoms with Crippen LogP contribution in [0.5, 0.6) is 0 Å². The van der Waals surface area contributed by atoms with Crippen molar-refractivity contribution in [3.63, 3.8) is 0 Å². The van der Waals surface area contributed by atoms with Gasteiger partial charge in [0.05, 0.1) is 10.9 Å². The van der Waals surface area contributed by atoms with Crippen molar-refractivity contribution < 1.29 is 9.90 Å². The summed E-state index contributed by atoms with van der Waals surface area (Å²) in [6, 6.07) is 0. The van der Waals surface area contributed by atoms with Crippen LogP contribution in [0.4, 0.5) is 0 Å². The second kappa shape index (κ2) is 5.82. The molecule has 5 heteroatoms. The summed E-state index contributed by atoms with van der Waals surface area (Å²) in [6.45, 7) is 11.1. The van der Waals surface area contributed by atoms with E-state index in [1.807, 2.05) is 6.20 Å². The van der Waals surface area contributed by atoms with Crippen LogP contribution in [0.3, 0.4) is 0 Å². The zero-order valence-electron chi connectivity index (χ0n) is 12.7. The van der Waals surface area contributed by atoms with Crippen LogP contribution in [-0.2, 0) is 16.8 Å². The average Bonchev–Trinajstić information content (AvgIpc) is 2.76. The standard InChI is InChI=1S/C15H24N2O2S/c1-10-5-11(13(18)19)8-17(7-10)9-12-6-16-14(20-12)15(2,3)4/h6,10-11H,5,7-9H2,1-4H3,(H,18,19). The van der Waals surface area contributed by atoms with Crippen molar-refractivity contribution in [2.75, 3.05) is 13.1 Å². The topological polar surface area (TPSA) is 53.4 Å². The van der Waals surface area contributed by atoms with Crippen LogP contribution in [0.2, 0.25) is 0 Å². The molecule has 0 bridgehead atoms. The monoisotopic (exact) mass is 296 g/mol. The van der Waals surface area contributed by atoms with Gasteiger partial charge in [0.25, 0.3) is 0 Å². The van der Waals surface area contributed by atoms with Gasteiger partial charge in [0.1, 0.15) is 0 Å². The zero-order chi connectivity index (χ0) is 14.9. The minimum absolute atomic E-state index is 0.0850. The molecule has 0 saturated carbocycles. The summed E-state index contributed by atoms with van der Waals surface area (Å²) in [6.07, 6.45) is 2.74. The Labute approximate surface area is 124 Å². The highest BCUT2D eigenvalue weighted by molar-refractivity contribution is 7.11. The number of aromatic nitrogens is 1. The number of likely N-dealkylation sites (tertiary alicyclic amines) is 1. The van der Waals surface area contributed by atoms with Gasteiger partial charge in [-0.3, -0.25) is 9.69 Å². The third-order valence-corrected chi connectivity index (χ3v) is 5.07. The van der Waals surface area contributed by atoms with Gasteiger partial charge in [0.15, 0.2) is 0 Å². The molecule has 2 atom stereocenters. The third-order valence-electron chi connectivity index (χ3n) is 3.66. The summed E-state index contributed by atoms with van der Waals surface area (Å²) in [7, 11) is 0. The number of hydrogen-bond acceptors (Lipinski definition) is 4. The lowest BCUT2D eigenvalue weighted by Gasteiger charge is -2.34. The van der Waals surface area contributed by atoms with Gasteiger partial charge in [0, 0.05) is 36.1 Å². The first kappa shape index (κ1) is 15.4. The van der Waals surface area contributed by atoms with Crippen molar-refractivity contribution in [2.24, 2.45) is 11.8 Å². The van der Waals surface area contributed by atoms with E-state index in [-0.39, 0.29) is 11.3 Å². The predicted molar refractivity (Wildman–Crippen MR) is 81.0 cm³/mol. The maximum Gasteiger partial charge on any atom is 0.307 e. The van der Waals surface area contributed by atoms with Crippen LogP contribution in [-0.4, -0.2) is 34.0 Å². The number of rotatable bonds is 3. The van der Waals surface area contributed by atoms with Crippen LogP contribution < -0.4 is 0 Å². The van der Waals surface area contributed by atoms with E-state index in [0.29, 0.717) is 12.5 Å². The molecule has 0 aromatic carbocycles. The quantitative estimate of drug-likeness (QED) is 0.931. The van der Waals surface area contributed by atoms with Crippen LogP contribution in [0, 0.1) is 11.8 Å². The Balaban J connectivity index is 2.02. The fourth-order valence-electron chi connectivity index (χ4n) is 2.72. The summed E-state index contributed by atoms with van der Waals surface area (Å²) >= 11 is 1.74. The van der Waals surface area contributed by atoms with Gasteiger partial charge in [-0.15, -0.1) is 11.3 Å². The van der Waals surface area contributed by atoms with Gasteiger partial charge in [-0.05, 0) is 12.3 Å². The molecule has 2 rings (SSSR count). The fourth-order valence-corrected chi connectivity index (χ4v) is 3.73. The van der Waals surface area contributed by atoms with Crippen molar-refractivity contribution in [3.8, 4) is 0 Å². The lowest BCUT2D eigenvalue weighted by atomic mass is 9.90. The minimum atomic E-state index is -0.666. The molecule has 1 aliphatic heterocycles. The molecule has 1 aromatic heterocycles. The second-order valence-corrected chi connectivity index (χ2v) is 8.07. The molecule has 0 radical (unpaired) electrons. The number of carbonyl (C=O) groups is 1. The largest absolute Gasteiger partial charge is 0.481 e. The van der Waals surface area contributed by atoms with Crippen LogP contribution in [0.1, 0.15) is 44.0 Å². The molecule has 2 unspecified atom stereocenters. The Morgan fingerprint density at radius 2 is 2.20 bits per heavy atom. The van der Waals surface area contributed by atoms with E-state index < -0.39 is 5.97 Å². The fraction of sp³-hybridized carbons (Fsp3) is 0.733. The Morgan fingerprint density at radius 3 is 2.75 bits per heavy atom. The van der Waals surface area contributed by atoms with E-state index in [2.05, 4.69) is 37.6 Å². The lowest BCUT2D eigenvalue weighted by Crippen LogP contribution is -2.41. The SMILES string of the molecule is CC1CC(C(=O)O)CN(Cc2cnc(C(C)(C)C)s2)C1. The number of hydrogen-bond donors (Lipinski definition) is 1. The van der Waals surface area contributed by atoms with Crippen LogP contribution >= 0.6 is 11.3 Å². The molecule has 1 saturated heterocycles. The molecule has 2 heterocycles. The number of carboxylic acids is 1. The Hall–Kier alpha value is -0.940. The minimum Gasteiger partial charge on any atom is -0.481 e. The first-order valence-corrected chi connectivity index (χ1v) is 7.97. The van der Waals surface area contributed by atoms with E-state index in [0.717, 1.165) is 24.5 Å². The van der Waals surface area contributed by atoms with Crippen molar-refractivity contribution in [3.05, 3.63) is 16.1 Å². The van der Waals surface area contributed by atoms with Crippen molar-refractivity contribution in [1.82, 2.24) is 9.88 Å². The van der Waals surface area contributed by atoms with Crippen molar-refractivity contribution >= 4 is 17.3 Å². The first-order valence-electron chi connectivity index (χ1n) is 7.16. The Kier molecular flexibility index (Phi) is 4.49. The lowest BCUT2D eigenvalue weighted by molar-refractivity contribution is -0.144. The highest BCUT2D eigenvalue weighted by Gasteiger charge is 2.29. The Morgan fingerprint density at radius 1 is 1.50 bits per heavy atom. The van der Waals surface area contributed by atoms with Gasteiger partial charge >= 0.3 is 5.97 Å².